The van der Waals surface area contributed by atoms with E-state index < -0.39 is 0 Å². The fourth-order valence-corrected chi connectivity index (χ4v) is 4.38. The fourth-order valence-electron chi connectivity index (χ4n) is 3.27. The number of carbonyl (C=O) groups is 1. The lowest BCUT2D eigenvalue weighted by Gasteiger charge is -2.36. The molecule has 0 aromatic heterocycles. The van der Waals surface area contributed by atoms with Crippen LogP contribution in [0.5, 0.6) is 5.75 Å². The molecular formula is C17H24N2O2S. The van der Waals surface area contributed by atoms with E-state index in [0.717, 1.165) is 30.8 Å². The second-order valence-corrected chi connectivity index (χ2v) is 7.13. The highest BCUT2D eigenvalue weighted by Crippen LogP contribution is 2.31. The molecule has 0 bridgehead atoms. The van der Waals surface area contributed by atoms with Crippen molar-refractivity contribution in [2.24, 2.45) is 0 Å². The maximum Gasteiger partial charge on any atom is 0.244 e. The van der Waals surface area contributed by atoms with Gasteiger partial charge in [-0.05, 0) is 49.3 Å². The average molecular weight is 320 g/mol. The number of carbonyl (C=O) groups excluding carboxylic acids is 1. The van der Waals surface area contributed by atoms with Gasteiger partial charge in [0.2, 0.25) is 5.91 Å². The molecule has 2 aliphatic heterocycles. The summed E-state index contributed by atoms with van der Waals surface area (Å²) in [6, 6.07) is 8.22. The molecule has 0 radical (unpaired) electrons. The number of anilines is 1. The summed E-state index contributed by atoms with van der Waals surface area (Å²) in [7, 11) is 1.66. The van der Waals surface area contributed by atoms with Crippen LogP contribution in [0.2, 0.25) is 0 Å². The van der Waals surface area contributed by atoms with E-state index >= 15 is 0 Å². The van der Waals surface area contributed by atoms with Gasteiger partial charge in [-0.15, -0.1) is 0 Å². The van der Waals surface area contributed by atoms with Crippen molar-refractivity contribution in [2.75, 3.05) is 30.1 Å². The number of ether oxygens (including phenoxy) is 1. The Morgan fingerprint density at radius 1 is 1.23 bits per heavy atom. The van der Waals surface area contributed by atoms with Crippen LogP contribution in [0.1, 0.15) is 25.7 Å². The number of nitrogens with zero attached hydrogens (tertiary/aromatic N) is 1. The molecule has 3 rings (SSSR count). The molecule has 1 N–H and O–H groups in total. The Morgan fingerprint density at radius 2 is 2.00 bits per heavy atom. The summed E-state index contributed by atoms with van der Waals surface area (Å²) in [5.41, 5.74) is 0.890. The highest BCUT2D eigenvalue weighted by atomic mass is 32.2. The number of rotatable bonds is 4. The Hall–Kier alpha value is -1.20. The highest BCUT2D eigenvalue weighted by molar-refractivity contribution is 7.99. The molecule has 2 fully saturated rings. The predicted octanol–water partition coefficient (Wildman–Crippen LogP) is 2.68. The molecule has 2 saturated heterocycles. The molecular weight excluding hydrogens is 296 g/mol. The third-order valence-electron chi connectivity index (χ3n) is 4.47. The van der Waals surface area contributed by atoms with Crippen LogP contribution >= 0.6 is 11.8 Å². The molecule has 0 spiro atoms. The summed E-state index contributed by atoms with van der Waals surface area (Å²) < 4.78 is 5.42. The van der Waals surface area contributed by atoms with E-state index in [0.29, 0.717) is 6.04 Å². The molecule has 1 unspecified atom stereocenters. The number of hydrogen-bond acceptors (Lipinski definition) is 4. The Morgan fingerprint density at radius 3 is 2.77 bits per heavy atom. The highest BCUT2D eigenvalue weighted by Gasteiger charge is 2.32. The maximum atomic E-state index is 12.9. The van der Waals surface area contributed by atoms with Crippen molar-refractivity contribution < 1.29 is 9.53 Å². The van der Waals surface area contributed by atoms with Gasteiger partial charge in [-0.25, -0.2) is 0 Å². The summed E-state index contributed by atoms with van der Waals surface area (Å²) in [5.74, 6) is 3.36. The normalized spacial score (nSPS) is 23.6. The number of para-hydroxylation sites is 2. The summed E-state index contributed by atoms with van der Waals surface area (Å²) in [4.78, 5) is 14.8. The summed E-state index contributed by atoms with van der Waals surface area (Å²) in [6.07, 6.45) is 4.31. The topological polar surface area (TPSA) is 41.6 Å². The van der Waals surface area contributed by atoms with Crippen molar-refractivity contribution in [1.29, 1.82) is 0 Å². The largest absolute Gasteiger partial charge is 0.495 e. The number of hydrogen-bond donors (Lipinski definition) is 1. The van der Waals surface area contributed by atoms with Crippen molar-refractivity contribution >= 4 is 23.4 Å². The van der Waals surface area contributed by atoms with E-state index in [4.69, 9.17) is 4.74 Å². The van der Waals surface area contributed by atoms with Gasteiger partial charge in [0, 0.05) is 12.6 Å². The standard InChI is InChI=1S/C17H24N2O2S/c1-21-16-7-3-2-6-15(16)19-10-4-5-14(17(19)20)18-13-8-11-22-12-9-13/h2-3,6-7,13-14,18H,4-5,8-12H2,1H3. The third-order valence-corrected chi connectivity index (χ3v) is 5.52. The molecule has 2 heterocycles. The molecule has 1 atom stereocenters. The van der Waals surface area contributed by atoms with E-state index in [2.05, 4.69) is 5.32 Å². The van der Waals surface area contributed by atoms with Crippen LogP contribution in [0.15, 0.2) is 24.3 Å². The van der Waals surface area contributed by atoms with Crippen molar-refractivity contribution in [3.05, 3.63) is 24.3 Å². The van der Waals surface area contributed by atoms with E-state index in [1.807, 2.05) is 40.9 Å². The average Bonchev–Trinajstić information content (AvgIpc) is 2.58. The number of piperidine rings is 1. The van der Waals surface area contributed by atoms with Crippen molar-refractivity contribution in [2.45, 2.75) is 37.8 Å². The Labute approximate surface area is 136 Å². The van der Waals surface area contributed by atoms with Crippen LogP contribution in [-0.2, 0) is 4.79 Å². The van der Waals surface area contributed by atoms with Gasteiger partial charge >= 0.3 is 0 Å². The number of nitrogens with one attached hydrogen (secondary N) is 1. The molecule has 5 heteroatoms. The minimum Gasteiger partial charge on any atom is -0.495 e. The van der Waals surface area contributed by atoms with Crippen LogP contribution in [0.25, 0.3) is 0 Å². The molecule has 4 nitrogen and oxygen atoms in total. The zero-order valence-corrected chi connectivity index (χ0v) is 13.9. The lowest BCUT2D eigenvalue weighted by Crippen LogP contribution is -2.54. The number of thioether (sulfide) groups is 1. The van der Waals surface area contributed by atoms with Gasteiger partial charge in [0.1, 0.15) is 5.75 Å². The lowest BCUT2D eigenvalue weighted by atomic mass is 10.0. The van der Waals surface area contributed by atoms with Gasteiger partial charge in [-0.1, -0.05) is 12.1 Å². The minimum atomic E-state index is -0.0493. The smallest absolute Gasteiger partial charge is 0.244 e. The van der Waals surface area contributed by atoms with E-state index in [9.17, 15) is 4.79 Å². The van der Waals surface area contributed by atoms with E-state index in [1.54, 1.807) is 7.11 Å². The lowest BCUT2D eigenvalue weighted by molar-refractivity contribution is -0.122. The number of methoxy groups -OCH3 is 1. The van der Waals surface area contributed by atoms with Crippen LogP contribution in [0, 0.1) is 0 Å². The molecule has 1 amide bonds. The van der Waals surface area contributed by atoms with E-state index in [-0.39, 0.29) is 11.9 Å². The van der Waals surface area contributed by atoms with Gasteiger partial charge in [0.05, 0.1) is 18.8 Å². The van der Waals surface area contributed by atoms with Crippen LogP contribution in [0.4, 0.5) is 5.69 Å². The Bertz CT molecular complexity index is 517. The number of benzene rings is 1. The van der Waals surface area contributed by atoms with Crippen molar-refractivity contribution in [3.63, 3.8) is 0 Å². The first-order valence-electron chi connectivity index (χ1n) is 8.08. The van der Waals surface area contributed by atoms with Gasteiger partial charge < -0.3 is 15.0 Å². The summed E-state index contributed by atoms with van der Waals surface area (Å²) in [6.45, 7) is 0.776. The maximum absolute atomic E-state index is 12.9. The SMILES string of the molecule is COc1ccccc1N1CCCC(NC2CCSCC2)C1=O. The Balaban J connectivity index is 1.72. The molecule has 1 aromatic rings. The minimum absolute atomic E-state index is 0.0493. The molecule has 1 aromatic carbocycles. The molecule has 0 aliphatic carbocycles. The fraction of sp³-hybridized carbons (Fsp3) is 0.588. The summed E-state index contributed by atoms with van der Waals surface area (Å²) >= 11 is 2.01. The summed E-state index contributed by atoms with van der Waals surface area (Å²) in [5, 5.41) is 3.60. The predicted molar refractivity (Wildman–Crippen MR) is 91.9 cm³/mol. The molecule has 120 valence electrons. The van der Waals surface area contributed by atoms with Crippen LogP contribution < -0.4 is 15.0 Å². The van der Waals surface area contributed by atoms with Gasteiger partial charge in [0.25, 0.3) is 0 Å². The Kier molecular flexibility index (Phi) is 5.26. The van der Waals surface area contributed by atoms with E-state index in [1.165, 1.54) is 24.3 Å². The van der Waals surface area contributed by atoms with Gasteiger partial charge in [-0.3, -0.25) is 4.79 Å². The second-order valence-electron chi connectivity index (χ2n) is 5.91. The van der Waals surface area contributed by atoms with Gasteiger partial charge in [0.15, 0.2) is 0 Å². The molecule has 2 aliphatic rings. The van der Waals surface area contributed by atoms with Crippen LogP contribution in [0.3, 0.4) is 0 Å². The monoisotopic (exact) mass is 320 g/mol. The first-order chi connectivity index (χ1) is 10.8. The third kappa shape index (κ3) is 3.41. The molecule has 22 heavy (non-hydrogen) atoms. The first kappa shape index (κ1) is 15.7. The first-order valence-corrected chi connectivity index (χ1v) is 9.23. The van der Waals surface area contributed by atoms with Crippen molar-refractivity contribution in [3.8, 4) is 5.75 Å². The zero-order chi connectivity index (χ0) is 15.4. The zero-order valence-electron chi connectivity index (χ0n) is 13.1. The second kappa shape index (κ2) is 7.38. The van der Waals surface area contributed by atoms with Crippen molar-refractivity contribution in [1.82, 2.24) is 5.32 Å². The van der Waals surface area contributed by atoms with Gasteiger partial charge in [-0.2, -0.15) is 11.8 Å². The van der Waals surface area contributed by atoms with Crippen LogP contribution in [-0.4, -0.2) is 43.2 Å². The molecule has 0 saturated carbocycles. The quantitative estimate of drug-likeness (QED) is 0.926. The number of amides is 1.